The van der Waals surface area contributed by atoms with Gasteiger partial charge in [-0.1, -0.05) is 146 Å². The fraction of sp³-hybridized carbons (Fsp3) is 0.725. The molecular formula is C40H70N2O. The minimum Gasteiger partial charge on any atom is -0.376 e. The first-order chi connectivity index (χ1) is 21.4. The summed E-state index contributed by atoms with van der Waals surface area (Å²) >= 11 is 0. The van der Waals surface area contributed by atoms with Crippen LogP contribution >= 0.6 is 0 Å². The number of unbranched alkanes of at least 4 members (excludes halogenated alkanes) is 16. The molecule has 1 atom stereocenters. The summed E-state index contributed by atoms with van der Waals surface area (Å²) in [5, 5.41) is 0. The van der Waals surface area contributed by atoms with E-state index in [9.17, 15) is 0 Å². The first-order valence-corrected chi connectivity index (χ1v) is 18.5. The first kappa shape index (κ1) is 39.2. The molecule has 0 saturated carbocycles. The van der Waals surface area contributed by atoms with E-state index in [0.29, 0.717) is 6.10 Å². The second kappa shape index (κ2) is 33.0. The van der Waals surface area contributed by atoms with E-state index in [1.807, 2.05) is 18.7 Å². The smallest absolute Gasteiger partial charge is 0.0946 e. The molecule has 1 unspecified atom stereocenters. The van der Waals surface area contributed by atoms with E-state index in [1.54, 1.807) is 0 Å². The third-order valence-electron chi connectivity index (χ3n) is 8.22. The lowest BCUT2D eigenvalue weighted by molar-refractivity contribution is 0.0333. The molecule has 3 nitrogen and oxygen atoms in total. The van der Waals surface area contributed by atoms with Crippen molar-refractivity contribution < 1.29 is 4.74 Å². The monoisotopic (exact) mass is 595 g/mol. The lowest BCUT2D eigenvalue weighted by Crippen LogP contribution is -2.16. The van der Waals surface area contributed by atoms with Crippen molar-refractivity contribution in [3.8, 4) is 0 Å². The van der Waals surface area contributed by atoms with Gasteiger partial charge in [0.1, 0.15) is 0 Å². The third kappa shape index (κ3) is 28.6. The lowest BCUT2D eigenvalue weighted by Gasteiger charge is -2.18. The molecule has 246 valence electrons. The van der Waals surface area contributed by atoms with Crippen molar-refractivity contribution in [3.63, 3.8) is 0 Å². The Morgan fingerprint density at radius 3 is 1.51 bits per heavy atom. The number of aromatic nitrogens is 2. The highest BCUT2D eigenvalue weighted by Gasteiger charge is 2.09. The fourth-order valence-corrected chi connectivity index (χ4v) is 5.41. The molecular weight excluding hydrogens is 524 g/mol. The third-order valence-corrected chi connectivity index (χ3v) is 8.22. The molecule has 0 N–H and O–H groups in total. The Kier molecular flexibility index (Phi) is 30.1. The molecule has 3 heteroatoms. The summed E-state index contributed by atoms with van der Waals surface area (Å²) in [6.07, 6.45) is 56.0. The summed E-state index contributed by atoms with van der Waals surface area (Å²) in [4.78, 5) is 4.16. The van der Waals surface area contributed by atoms with Crippen molar-refractivity contribution in [2.45, 2.75) is 181 Å². The van der Waals surface area contributed by atoms with Gasteiger partial charge in [0.15, 0.2) is 0 Å². The predicted octanol–water partition coefficient (Wildman–Crippen LogP) is 12.9. The maximum absolute atomic E-state index is 6.38. The SMILES string of the molecule is CCCC/C=C/C/C=C/CCCCCCCCC(CCCCCCC/C=C/C/C=C/CCCCC)OCCn1ccnc1. The molecule has 0 aliphatic carbocycles. The van der Waals surface area contributed by atoms with Crippen LogP contribution < -0.4 is 0 Å². The summed E-state index contributed by atoms with van der Waals surface area (Å²) in [6, 6.07) is 0. The Morgan fingerprint density at radius 1 is 0.558 bits per heavy atom. The van der Waals surface area contributed by atoms with E-state index < -0.39 is 0 Å². The van der Waals surface area contributed by atoms with Gasteiger partial charge in [0.25, 0.3) is 0 Å². The molecule has 1 rings (SSSR count). The van der Waals surface area contributed by atoms with Crippen LogP contribution in [0.15, 0.2) is 67.3 Å². The Labute approximate surface area is 268 Å². The minimum absolute atomic E-state index is 0.419. The van der Waals surface area contributed by atoms with Crippen LogP contribution in [0.25, 0.3) is 0 Å². The van der Waals surface area contributed by atoms with Gasteiger partial charge in [-0.05, 0) is 70.6 Å². The molecule has 0 aliphatic heterocycles. The van der Waals surface area contributed by atoms with E-state index in [4.69, 9.17) is 4.74 Å². The summed E-state index contributed by atoms with van der Waals surface area (Å²) < 4.78 is 8.50. The molecule has 43 heavy (non-hydrogen) atoms. The molecule has 1 aromatic rings. The van der Waals surface area contributed by atoms with Gasteiger partial charge in [-0.15, -0.1) is 0 Å². The van der Waals surface area contributed by atoms with Crippen LogP contribution in [-0.2, 0) is 11.3 Å². The standard InChI is InChI=1S/C40H70N2O/c1-3-5-7-9-11-13-15-17-19-21-23-25-27-29-31-33-40(43-38-37-42-36-35-41-39-42)34-32-30-28-26-24-22-20-18-16-14-12-10-8-6-4-2/h9,11-12,14-15,17-18,20,35-36,39-40H,3-8,10,13,16,19,21-34,37-38H2,1-2H3/b11-9+,14-12+,17-15+,20-18+. The zero-order valence-electron chi connectivity index (χ0n) is 28.6. The maximum atomic E-state index is 6.38. The number of rotatable bonds is 32. The highest BCUT2D eigenvalue weighted by atomic mass is 16.5. The molecule has 0 fully saturated rings. The van der Waals surface area contributed by atoms with E-state index in [1.165, 1.54) is 141 Å². The van der Waals surface area contributed by atoms with Crippen molar-refractivity contribution in [2.24, 2.45) is 0 Å². The number of hydrogen-bond acceptors (Lipinski definition) is 2. The predicted molar refractivity (Wildman–Crippen MR) is 191 cm³/mol. The second-order valence-corrected chi connectivity index (χ2v) is 12.3. The number of allylic oxidation sites excluding steroid dienone is 8. The number of imidazole rings is 1. The Balaban J connectivity index is 2.08. The van der Waals surface area contributed by atoms with Gasteiger partial charge < -0.3 is 9.30 Å². The zero-order chi connectivity index (χ0) is 30.7. The highest BCUT2D eigenvalue weighted by Crippen LogP contribution is 2.17. The van der Waals surface area contributed by atoms with Gasteiger partial charge in [-0.2, -0.15) is 0 Å². The molecule has 1 aromatic heterocycles. The first-order valence-electron chi connectivity index (χ1n) is 18.5. The van der Waals surface area contributed by atoms with Crippen LogP contribution in [0.5, 0.6) is 0 Å². The van der Waals surface area contributed by atoms with E-state index in [2.05, 4.69) is 72.0 Å². The summed E-state index contributed by atoms with van der Waals surface area (Å²) in [7, 11) is 0. The van der Waals surface area contributed by atoms with Crippen LogP contribution in [-0.4, -0.2) is 22.3 Å². The molecule has 0 saturated heterocycles. The Hall–Kier alpha value is -1.87. The minimum atomic E-state index is 0.419. The Morgan fingerprint density at radius 2 is 1.02 bits per heavy atom. The average Bonchev–Trinajstić information content (AvgIpc) is 3.54. The van der Waals surface area contributed by atoms with Crippen LogP contribution in [0.1, 0.15) is 168 Å². The molecule has 0 bridgehead atoms. The van der Waals surface area contributed by atoms with Gasteiger partial charge in [0, 0.05) is 18.9 Å². The van der Waals surface area contributed by atoms with Gasteiger partial charge in [0.05, 0.1) is 19.0 Å². The van der Waals surface area contributed by atoms with Crippen LogP contribution in [0.3, 0.4) is 0 Å². The van der Waals surface area contributed by atoms with Crippen molar-refractivity contribution in [3.05, 3.63) is 67.3 Å². The largest absolute Gasteiger partial charge is 0.376 e. The lowest BCUT2D eigenvalue weighted by atomic mass is 10.0. The molecule has 0 amide bonds. The fourth-order valence-electron chi connectivity index (χ4n) is 5.41. The van der Waals surface area contributed by atoms with E-state index in [-0.39, 0.29) is 0 Å². The summed E-state index contributed by atoms with van der Waals surface area (Å²) in [5.41, 5.74) is 0. The molecule has 0 aliphatic rings. The number of nitrogens with zero attached hydrogens (tertiary/aromatic N) is 2. The van der Waals surface area contributed by atoms with Crippen LogP contribution in [0.2, 0.25) is 0 Å². The normalized spacial score (nSPS) is 13.1. The quantitative estimate of drug-likeness (QED) is 0.0613. The summed E-state index contributed by atoms with van der Waals surface area (Å²) in [6.45, 7) is 6.22. The van der Waals surface area contributed by atoms with Crippen molar-refractivity contribution >= 4 is 0 Å². The van der Waals surface area contributed by atoms with Crippen molar-refractivity contribution in [1.82, 2.24) is 9.55 Å². The zero-order valence-corrected chi connectivity index (χ0v) is 28.6. The van der Waals surface area contributed by atoms with Crippen LogP contribution in [0.4, 0.5) is 0 Å². The van der Waals surface area contributed by atoms with Gasteiger partial charge in [0.2, 0.25) is 0 Å². The number of hydrogen-bond donors (Lipinski definition) is 0. The van der Waals surface area contributed by atoms with Crippen molar-refractivity contribution in [1.29, 1.82) is 0 Å². The molecule has 0 spiro atoms. The summed E-state index contributed by atoms with van der Waals surface area (Å²) in [5.74, 6) is 0. The molecule has 0 radical (unpaired) electrons. The van der Waals surface area contributed by atoms with Crippen molar-refractivity contribution in [2.75, 3.05) is 6.61 Å². The maximum Gasteiger partial charge on any atom is 0.0946 e. The molecule has 1 heterocycles. The van der Waals surface area contributed by atoms with E-state index >= 15 is 0 Å². The van der Waals surface area contributed by atoms with Gasteiger partial charge >= 0.3 is 0 Å². The topological polar surface area (TPSA) is 27.1 Å². The van der Waals surface area contributed by atoms with Gasteiger partial charge in [-0.3, -0.25) is 0 Å². The van der Waals surface area contributed by atoms with Gasteiger partial charge in [-0.25, -0.2) is 4.98 Å². The Bertz CT molecular complexity index is 776. The average molecular weight is 595 g/mol. The highest BCUT2D eigenvalue weighted by molar-refractivity contribution is 4.93. The van der Waals surface area contributed by atoms with Crippen LogP contribution in [0, 0.1) is 0 Å². The number of ether oxygens (including phenoxy) is 1. The molecule has 0 aromatic carbocycles. The van der Waals surface area contributed by atoms with E-state index in [0.717, 1.165) is 26.0 Å². The second-order valence-electron chi connectivity index (χ2n) is 12.3.